The molecule has 0 saturated heterocycles. The van der Waals surface area contributed by atoms with Gasteiger partial charge in [0.25, 0.3) is 5.69 Å². The molecule has 98 valence electrons. The lowest BCUT2D eigenvalue weighted by Crippen LogP contribution is -2.05. The lowest BCUT2D eigenvalue weighted by Gasteiger charge is -2.09. The highest BCUT2D eigenvalue weighted by Gasteiger charge is 2.35. The Morgan fingerprint density at radius 1 is 1.47 bits per heavy atom. The molecule has 1 aliphatic carbocycles. The molecular formula is C14H15N3O2. The number of fused-ring (bicyclic) bond motifs is 1. The fraction of sp³-hybridized carbons (Fsp3) is 0.357. The van der Waals surface area contributed by atoms with E-state index in [2.05, 4.69) is 17.2 Å². The molecule has 0 radical (unpaired) electrons. The summed E-state index contributed by atoms with van der Waals surface area (Å²) in [6.45, 7) is 2.18. The number of rotatable bonds is 4. The van der Waals surface area contributed by atoms with Crippen molar-refractivity contribution in [1.82, 2.24) is 4.98 Å². The van der Waals surface area contributed by atoms with Gasteiger partial charge in [-0.3, -0.25) is 10.1 Å². The Balaban J connectivity index is 2.02. The molecule has 5 heteroatoms. The number of anilines is 1. The number of hydrogen-bond donors (Lipinski definition) is 1. The molecule has 1 aromatic heterocycles. The predicted molar refractivity (Wildman–Crippen MR) is 74.2 cm³/mol. The number of hydrogen-bond acceptors (Lipinski definition) is 4. The van der Waals surface area contributed by atoms with E-state index >= 15 is 0 Å². The minimum atomic E-state index is -0.384. The SMILES string of the molecule is CCC1CC1Nc1ccc([N+](=O)[O-])c2ncccc12. The first-order valence-corrected chi connectivity index (χ1v) is 6.49. The summed E-state index contributed by atoms with van der Waals surface area (Å²) in [4.78, 5) is 14.8. The van der Waals surface area contributed by atoms with Crippen LogP contribution < -0.4 is 5.32 Å². The Bertz CT molecular complexity index is 642. The van der Waals surface area contributed by atoms with Crippen LogP contribution in [0.3, 0.4) is 0 Å². The Morgan fingerprint density at radius 2 is 2.32 bits per heavy atom. The van der Waals surface area contributed by atoms with Crippen molar-refractivity contribution in [2.45, 2.75) is 25.8 Å². The number of pyridine rings is 1. The zero-order chi connectivity index (χ0) is 13.4. The van der Waals surface area contributed by atoms with Gasteiger partial charge in [0.05, 0.1) is 4.92 Å². The lowest BCUT2D eigenvalue weighted by atomic mass is 10.1. The van der Waals surface area contributed by atoms with Crippen LogP contribution in [0.1, 0.15) is 19.8 Å². The maximum Gasteiger partial charge on any atom is 0.295 e. The molecule has 0 bridgehead atoms. The van der Waals surface area contributed by atoms with Crippen molar-refractivity contribution in [3.05, 3.63) is 40.6 Å². The summed E-state index contributed by atoms with van der Waals surface area (Å²) in [5.41, 5.74) is 1.45. The van der Waals surface area contributed by atoms with E-state index < -0.39 is 0 Å². The van der Waals surface area contributed by atoms with Crippen molar-refractivity contribution >= 4 is 22.3 Å². The third-order valence-electron chi connectivity index (χ3n) is 3.73. The first kappa shape index (κ1) is 11.9. The zero-order valence-electron chi connectivity index (χ0n) is 10.7. The van der Waals surface area contributed by atoms with Gasteiger partial charge in [0.15, 0.2) is 0 Å². The van der Waals surface area contributed by atoms with Gasteiger partial charge in [-0.2, -0.15) is 0 Å². The van der Waals surface area contributed by atoms with E-state index in [1.54, 1.807) is 18.3 Å². The van der Waals surface area contributed by atoms with Crippen LogP contribution in [-0.2, 0) is 0 Å². The molecule has 0 aliphatic heterocycles. The molecule has 3 rings (SSSR count). The van der Waals surface area contributed by atoms with Gasteiger partial charge in [0.2, 0.25) is 0 Å². The van der Waals surface area contributed by atoms with Crippen LogP contribution >= 0.6 is 0 Å². The highest BCUT2D eigenvalue weighted by atomic mass is 16.6. The van der Waals surface area contributed by atoms with Crippen molar-refractivity contribution in [3.8, 4) is 0 Å². The van der Waals surface area contributed by atoms with Crippen molar-refractivity contribution in [1.29, 1.82) is 0 Å². The molecule has 1 heterocycles. The normalized spacial score (nSPS) is 21.3. The fourth-order valence-electron chi connectivity index (χ4n) is 2.51. The van der Waals surface area contributed by atoms with Gasteiger partial charge in [0, 0.05) is 29.4 Å². The molecule has 5 nitrogen and oxygen atoms in total. The summed E-state index contributed by atoms with van der Waals surface area (Å²) < 4.78 is 0. The van der Waals surface area contributed by atoms with E-state index in [9.17, 15) is 10.1 Å². The maximum atomic E-state index is 11.0. The van der Waals surface area contributed by atoms with Gasteiger partial charge in [-0.15, -0.1) is 0 Å². The largest absolute Gasteiger partial charge is 0.381 e. The number of aromatic nitrogens is 1. The average molecular weight is 257 g/mol. The third-order valence-corrected chi connectivity index (χ3v) is 3.73. The van der Waals surface area contributed by atoms with Gasteiger partial charge in [-0.1, -0.05) is 13.3 Å². The fourth-order valence-corrected chi connectivity index (χ4v) is 2.51. The Labute approximate surface area is 110 Å². The predicted octanol–water partition coefficient (Wildman–Crippen LogP) is 3.35. The summed E-state index contributed by atoms with van der Waals surface area (Å²) >= 11 is 0. The number of benzene rings is 1. The standard InChI is InChI=1S/C14H15N3O2/c1-2-9-8-12(9)16-11-5-6-13(17(18)19)14-10(11)4-3-7-15-14/h3-7,9,12,16H,2,8H2,1H3. The van der Waals surface area contributed by atoms with Crippen molar-refractivity contribution in [2.75, 3.05) is 5.32 Å². The number of nitro benzene ring substituents is 1. The van der Waals surface area contributed by atoms with Crippen LogP contribution in [0.15, 0.2) is 30.5 Å². The van der Waals surface area contributed by atoms with Crippen molar-refractivity contribution in [2.24, 2.45) is 5.92 Å². The van der Waals surface area contributed by atoms with Crippen LogP contribution in [0.5, 0.6) is 0 Å². The molecule has 1 saturated carbocycles. The lowest BCUT2D eigenvalue weighted by molar-refractivity contribution is -0.383. The van der Waals surface area contributed by atoms with E-state index in [1.165, 1.54) is 18.9 Å². The monoisotopic (exact) mass is 257 g/mol. The van der Waals surface area contributed by atoms with Gasteiger partial charge in [0.1, 0.15) is 5.52 Å². The molecule has 1 aromatic carbocycles. The average Bonchev–Trinajstić information content (AvgIpc) is 3.17. The first-order valence-electron chi connectivity index (χ1n) is 6.49. The van der Waals surface area contributed by atoms with Crippen LogP contribution in [0.4, 0.5) is 11.4 Å². The van der Waals surface area contributed by atoms with E-state index in [0.29, 0.717) is 11.6 Å². The smallest absolute Gasteiger partial charge is 0.295 e. The molecule has 2 aromatic rings. The minimum absolute atomic E-state index is 0.0592. The van der Waals surface area contributed by atoms with Gasteiger partial charge >= 0.3 is 0 Å². The minimum Gasteiger partial charge on any atom is -0.381 e. The van der Waals surface area contributed by atoms with Crippen molar-refractivity contribution in [3.63, 3.8) is 0 Å². The van der Waals surface area contributed by atoms with Gasteiger partial charge in [-0.05, 0) is 30.5 Å². The molecule has 1 aliphatic rings. The molecule has 1 N–H and O–H groups in total. The van der Waals surface area contributed by atoms with Crippen LogP contribution in [0.25, 0.3) is 10.9 Å². The topological polar surface area (TPSA) is 68.1 Å². The van der Waals surface area contributed by atoms with Crippen LogP contribution in [0, 0.1) is 16.0 Å². The number of nitrogens with one attached hydrogen (secondary N) is 1. The summed E-state index contributed by atoms with van der Waals surface area (Å²) in [6, 6.07) is 7.49. The van der Waals surface area contributed by atoms with Crippen LogP contribution in [-0.4, -0.2) is 15.9 Å². The molecule has 19 heavy (non-hydrogen) atoms. The second-order valence-corrected chi connectivity index (χ2v) is 4.94. The summed E-state index contributed by atoms with van der Waals surface area (Å²) in [5, 5.41) is 15.3. The van der Waals surface area contributed by atoms with E-state index in [-0.39, 0.29) is 10.6 Å². The summed E-state index contributed by atoms with van der Waals surface area (Å²) in [7, 11) is 0. The number of nitro groups is 1. The highest BCUT2D eigenvalue weighted by Crippen LogP contribution is 2.38. The van der Waals surface area contributed by atoms with E-state index in [1.807, 2.05) is 6.07 Å². The quantitative estimate of drug-likeness (QED) is 0.673. The van der Waals surface area contributed by atoms with E-state index in [0.717, 1.165) is 17.0 Å². The highest BCUT2D eigenvalue weighted by molar-refractivity contribution is 5.97. The second kappa shape index (κ2) is 4.50. The molecule has 2 unspecified atom stereocenters. The zero-order valence-corrected chi connectivity index (χ0v) is 10.7. The Hall–Kier alpha value is -2.17. The first-order chi connectivity index (χ1) is 9.20. The summed E-state index contributed by atoms with van der Waals surface area (Å²) in [5.74, 6) is 0.724. The molecule has 0 amide bonds. The van der Waals surface area contributed by atoms with E-state index in [4.69, 9.17) is 0 Å². The third kappa shape index (κ3) is 2.12. The molecule has 2 atom stereocenters. The molecule has 1 fully saturated rings. The Morgan fingerprint density at radius 3 is 3.00 bits per heavy atom. The van der Waals surface area contributed by atoms with Gasteiger partial charge in [-0.25, -0.2) is 4.98 Å². The van der Waals surface area contributed by atoms with Crippen molar-refractivity contribution < 1.29 is 4.92 Å². The molecular weight excluding hydrogens is 242 g/mol. The number of nitrogens with zero attached hydrogens (tertiary/aromatic N) is 2. The summed E-state index contributed by atoms with van der Waals surface area (Å²) in [6.07, 6.45) is 3.93. The van der Waals surface area contributed by atoms with Gasteiger partial charge < -0.3 is 5.32 Å². The second-order valence-electron chi connectivity index (χ2n) is 4.94. The number of non-ortho nitro benzene ring substituents is 1. The Kier molecular flexibility index (Phi) is 2.81. The maximum absolute atomic E-state index is 11.0. The van der Waals surface area contributed by atoms with Crippen LogP contribution in [0.2, 0.25) is 0 Å². The molecule has 0 spiro atoms.